The van der Waals surface area contributed by atoms with E-state index in [2.05, 4.69) is 31.1 Å². The van der Waals surface area contributed by atoms with Crippen LogP contribution in [0.15, 0.2) is 24.8 Å². The maximum atomic E-state index is 9.14. The van der Waals surface area contributed by atoms with E-state index in [1.165, 1.54) is 5.69 Å². The van der Waals surface area contributed by atoms with Crippen LogP contribution in [0.4, 0.5) is 0 Å². The van der Waals surface area contributed by atoms with Crippen molar-refractivity contribution in [2.75, 3.05) is 0 Å². The zero-order valence-corrected chi connectivity index (χ0v) is 9.03. The van der Waals surface area contributed by atoms with Gasteiger partial charge in [-0.25, -0.2) is 0 Å². The summed E-state index contributed by atoms with van der Waals surface area (Å²) in [5, 5.41) is 9.14. The minimum Gasteiger partial charge on any atom is -0.390 e. The third kappa shape index (κ3) is 2.48. The molecular formula is C12H19NO. The molecule has 2 heteroatoms. The molecule has 1 N–H and O–H groups in total. The number of aromatic nitrogens is 1. The number of hydrogen-bond acceptors (Lipinski definition) is 1. The van der Waals surface area contributed by atoms with Gasteiger partial charge in [0.25, 0.3) is 0 Å². The fourth-order valence-electron chi connectivity index (χ4n) is 1.65. The molecule has 1 aromatic rings. The van der Waals surface area contributed by atoms with E-state index < -0.39 is 0 Å². The lowest BCUT2D eigenvalue weighted by molar-refractivity contribution is 0.271. The minimum atomic E-state index is 0.103. The first-order valence-electron chi connectivity index (χ1n) is 5.08. The Morgan fingerprint density at radius 1 is 1.43 bits per heavy atom. The molecule has 0 saturated heterocycles. The van der Waals surface area contributed by atoms with Crippen LogP contribution in [0.1, 0.15) is 25.2 Å². The summed E-state index contributed by atoms with van der Waals surface area (Å²) in [6.45, 7) is 9.01. The Balaban J connectivity index is 2.91. The Morgan fingerprint density at radius 3 is 2.57 bits per heavy atom. The molecule has 0 saturated carbocycles. The lowest BCUT2D eigenvalue weighted by atomic mass is 10.1. The Labute approximate surface area is 85.9 Å². The summed E-state index contributed by atoms with van der Waals surface area (Å²) in [6, 6.07) is 4.08. The Hall–Kier alpha value is -1.02. The Bertz CT molecular complexity index is 299. The van der Waals surface area contributed by atoms with Gasteiger partial charge in [-0.05, 0) is 24.5 Å². The van der Waals surface area contributed by atoms with E-state index in [1.54, 1.807) is 0 Å². The van der Waals surface area contributed by atoms with E-state index in [9.17, 15) is 0 Å². The normalized spacial score (nSPS) is 10.9. The highest BCUT2D eigenvalue weighted by molar-refractivity contribution is 5.17. The smallest absolute Gasteiger partial charge is 0.0833 e. The Morgan fingerprint density at radius 2 is 2.07 bits per heavy atom. The highest BCUT2D eigenvalue weighted by Gasteiger charge is 2.07. The molecule has 0 aliphatic rings. The van der Waals surface area contributed by atoms with Gasteiger partial charge in [0, 0.05) is 17.9 Å². The summed E-state index contributed by atoms with van der Waals surface area (Å²) in [5.74, 6) is 0.639. The van der Waals surface area contributed by atoms with Gasteiger partial charge in [0.15, 0.2) is 0 Å². The van der Waals surface area contributed by atoms with Crippen molar-refractivity contribution in [1.29, 1.82) is 0 Å². The van der Waals surface area contributed by atoms with Crippen LogP contribution in [-0.2, 0) is 19.6 Å². The summed E-state index contributed by atoms with van der Waals surface area (Å²) in [6.07, 6.45) is 2.91. The van der Waals surface area contributed by atoms with Crippen molar-refractivity contribution in [3.05, 3.63) is 36.2 Å². The highest BCUT2D eigenvalue weighted by Crippen LogP contribution is 2.14. The van der Waals surface area contributed by atoms with Crippen LogP contribution in [0.5, 0.6) is 0 Å². The first kappa shape index (κ1) is 11.1. The van der Waals surface area contributed by atoms with Gasteiger partial charge in [-0.3, -0.25) is 0 Å². The van der Waals surface area contributed by atoms with Crippen LogP contribution in [0, 0.1) is 5.92 Å². The highest BCUT2D eigenvalue weighted by atomic mass is 16.3. The van der Waals surface area contributed by atoms with Gasteiger partial charge in [-0.1, -0.05) is 19.9 Å². The van der Waals surface area contributed by atoms with Crippen LogP contribution in [0.2, 0.25) is 0 Å². The molecule has 0 atom stereocenters. The summed E-state index contributed by atoms with van der Waals surface area (Å²) in [5.41, 5.74) is 2.25. The van der Waals surface area contributed by atoms with Crippen LogP contribution < -0.4 is 0 Å². The summed E-state index contributed by atoms with van der Waals surface area (Å²) in [4.78, 5) is 0. The second-order valence-electron chi connectivity index (χ2n) is 3.97. The van der Waals surface area contributed by atoms with Crippen molar-refractivity contribution in [3.8, 4) is 0 Å². The molecule has 0 spiro atoms. The summed E-state index contributed by atoms with van der Waals surface area (Å²) < 4.78 is 2.13. The molecule has 0 amide bonds. The predicted molar refractivity (Wildman–Crippen MR) is 59.1 cm³/mol. The third-order valence-electron chi connectivity index (χ3n) is 2.25. The minimum absolute atomic E-state index is 0.103. The van der Waals surface area contributed by atoms with Gasteiger partial charge in [0.2, 0.25) is 0 Å². The largest absolute Gasteiger partial charge is 0.390 e. The van der Waals surface area contributed by atoms with E-state index in [1.807, 2.05) is 12.1 Å². The van der Waals surface area contributed by atoms with Gasteiger partial charge in [-0.15, -0.1) is 6.58 Å². The lowest BCUT2D eigenvalue weighted by Crippen LogP contribution is -2.07. The van der Waals surface area contributed by atoms with Crippen molar-refractivity contribution in [1.82, 2.24) is 4.57 Å². The predicted octanol–water partition coefficient (Wildman–Crippen LogP) is 2.36. The fourth-order valence-corrected chi connectivity index (χ4v) is 1.65. The average molecular weight is 193 g/mol. The van der Waals surface area contributed by atoms with Crippen LogP contribution in [0.3, 0.4) is 0 Å². The van der Waals surface area contributed by atoms with Crippen molar-refractivity contribution in [2.24, 2.45) is 5.92 Å². The fraction of sp³-hybridized carbons (Fsp3) is 0.500. The van der Waals surface area contributed by atoms with Crippen molar-refractivity contribution >= 4 is 0 Å². The first-order valence-corrected chi connectivity index (χ1v) is 5.08. The zero-order valence-electron chi connectivity index (χ0n) is 9.03. The van der Waals surface area contributed by atoms with Crippen LogP contribution in [-0.4, -0.2) is 9.67 Å². The van der Waals surface area contributed by atoms with Crippen LogP contribution >= 0.6 is 0 Å². The maximum Gasteiger partial charge on any atom is 0.0833 e. The molecule has 0 bridgehead atoms. The molecule has 1 heterocycles. The topological polar surface area (TPSA) is 25.2 Å². The molecule has 0 fully saturated rings. The molecule has 78 valence electrons. The van der Waals surface area contributed by atoms with Gasteiger partial charge >= 0.3 is 0 Å². The van der Waals surface area contributed by atoms with Crippen molar-refractivity contribution in [2.45, 2.75) is 33.4 Å². The van der Waals surface area contributed by atoms with Gasteiger partial charge in [-0.2, -0.15) is 0 Å². The summed E-state index contributed by atoms with van der Waals surface area (Å²) >= 11 is 0. The number of aliphatic hydroxyl groups excluding tert-OH is 1. The molecule has 0 unspecified atom stereocenters. The standard InChI is InChI=1S/C12H19NO/c1-4-7-13-11(8-10(2)3)5-6-12(13)9-14/h4-6,10,14H,1,7-9H2,2-3H3. The molecule has 0 aromatic carbocycles. The number of hydrogen-bond donors (Lipinski definition) is 1. The van der Waals surface area contributed by atoms with Crippen molar-refractivity contribution < 1.29 is 5.11 Å². The van der Waals surface area contributed by atoms with Crippen LogP contribution in [0.25, 0.3) is 0 Å². The molecule has 2 nitrogen and oxygen atoms in total. The SMILES string of the molecule is C=CCn1c(CO)ccc1CC(C)C. The zero-order chi connectivity index (χ0) is 10.6. The number of aliphatic hydroxyl groups is 1. The second-order valence-corrected chi connectivity index (χ2v) is 3.97. The van der Waals surface area contributed by atoms with Crippen molar-refractivity contribution in [3.63, 3.8) is 0 Å². The van der Waals surface area contributed by atoms with Gasteiger partial charge < -0.3 is 9.67 Å². The lowest BCUT2D eigenvalue weighted by Gasteiger charge is -2.11. The Kier molecular flexibility index (Phi) is 3.96. The number of allylic oxidation sites excluding steroid dienone is 1. The molecule has 0 aliphatic carbocycles. The van der Waals surface area contributed by atoms with E-state index in [0.717, 1.165) is 18.7 Å². The number of nitrogens with zero attached hydrogens (tertiary/aromatic N) is 1. The van der Waals surface area contributed by atoms with Gasteiger partial charge in [0.05, 0.1) is 6.61 Å². The van der Waals surface area contributed by atoms with E-state index in [-0.39, 0.29) is 6.61 Å². The first-order chi connectivity index (χ1) is 6.69. The second kappa shape index (κ2) is 5.01. The monoisotopic (exact) mass is 193 g/mol. The molecule has 14 heavy (non-hydrogen) atoms. The average Bonchev–Trinajstić information content (AvgIpc) is 2.48. The van der Waals surface area contributed by atoms with E-state index in [0.29, 0.717) is 5.92 Å². The van der Waals surface area contributed by atoms with Gasteiger partial charge in [0.1, 0.15) is 0 Å². The number of rotatable bonds is 5. The van der Waals surface area contributed by atoms with E-state index >= 15 is 0 Å². The molecule has 0 radical (unpaired) electrons. The molecular weight excluding hydrogens is 174 g/mol. The molecule has 0 aliphatic heterocycles. The molecule has 1 rings (SSSR count). The third-order valence-corrected chi connectivity index (χ3v) is 2.25. The molecule has 1 aromatic heterocycles. The van der Waals surface area contributed by atoms with E-state index in [4.69, 9.17) is 5.11 Å². The maximum absolute atomic E-state index is 9.14. The quantitative estimate of drug-likeness (QED) is 0.713. The summed E-state index contributed by atoms with van der Waals surface area (Å²) in [7, 11) is 0.